The van der Waals surface area contributed by atoms with E-state index >= 15 is 0 Å². The number of ether oxygens (including phenoxy) is 1. The SMILES string of the molecule is CCc1ccc(OCCCc2nc(CO)cs2)cc1. The molecule has 0 amide bonds. The van der Waals surface area contributed by atoms with Gasteiger partial charge in [-0.2, -0.15) is 0 Å². The minimum absolute atomic E-state index is 0.0246. The Kier molecular flexibility index (Phi) is 5.36. The summed E-state index contributed by atoms with van der Waals surface area (Å²) in [4.78, 5) is 4.31. The highest BCUT2D eigenvalue weighted by Crippen LogP contribution is 2.14. The first kappa shape index (κ1) is 14.0. The van der Waals surface area contributed by atoms with E-state index in [-0.39, 0.29) is 6.61 Å². The first-order chi connectivity index (χ1) is 9.31. The topological polar surface area (TPSA) is 42.4 Å². The maximum absolute atomic E-state index is 8.93. The second-order valence-electron chi connectivity index (χ2n) is 4.34. The molecule has 0 aliphatic rings. The third-order valence-electron chi connectivity index (χ3n) is 2.90. The smallest absolute Gasteiger partial charge is 0.119 e. The zero-order chi connectivity index (χ0) is 13.5. The van der Waals surface area contributed by atoms with E-state index in [1.807, 2.05) is 17.5 Å². The standard InChI is InChI=1S/C15H19NO2S/c1-2-12-5-7-14(8-6-12)18-9-3-4-15-16-13(10-17)11-19-15/h5-8,11,17H,2-4,9-10H2,1H3. The Morgan fingerprint density at radius 3 is 2.68 bits per heavy atom. The van der Waals surface area contributed by atoms with Gasteiger partial charge in [0, 0.05) is 11.8 Å². The van der Waals surface area contributed by atoms with E-state index < -0.39 is 0 Å². The molecule has 1 N–H and O–H groups in total. The van der Waals surface area contributed by atoms with Gasteiger partial charge in [-0.1, -0.05) is 19.1 Å². The highest BCUT2D eigenvalue weighted by Gasteiger charge is 2.01. The van der Waals surface area contributed by atoms with Crippen LogP contribution >= 0.6 is 11.3 Å². The maximum Gasteiger partial charge on any atom is 0.119 e. The van der Waals surface area contributed by atoms with E-state index in [1.165, 1.54) is 5.56 Å². The Labute approximate surface area is 117 Å². The van der Waals surface area contributed by atoms with Gasteiger partial charge in [-0.25, -0.2) is 4.98 Å². The Morgan fingerprint density at radius 2 is 2.05 bits per heavy atom. The van der Waals surface area contributed by atoms with Crippen molar-refractivity contribution in [3.05, 3.63) is 45.9 Å². The summed E-state index contributed by atoms with van der Waals surface area (Å²) in [7, 11) is 0. The Hall–Kier alpha value is -1.39. The minimum atomic E-state index is 0.0246. The number of benzene rings is 1. The fraction of sp³-hybridized carbons (Fsp3) is 0.400. The van der Waals surface area contributed by atoms with Gasteiger partial charge in [0.1, 0.15) is 5.75 Å². The lowest BCUT2D eigenvalue weighted by Crippen LogP contribution is -1.99. The van der Waals surface area contributed by atoms with Crippen LogP contribution in [0, 0.1) is 0 Å². The molecule has 0 unspecified atom stereocenters. The average molecular weight is 277 g/mol. The van der Waals surface area contributed by atoms with E-state index in [0.29, 0.717) is 6.61 Å². The number of hydrogen-bond acceptors (Lipinski definition) is 4. The first-order valence-corrected chi connectivity index (χ1v) is 7.45. The molecule has 19 heavy (non-hydrogen) atoms. The normalized spacial score (nSPS) is 10.6. The monoisotopic (exact) mass is 277 g/mol. The molecule has 0 aliphatic heterocycles. The van der Waals surface area contributed by atoms with E-state index in [1.54, 1.807) is 11.3 Å². The average Bonchev–Trinajstić information content (AvgIpc) is 2.92. The molecule has 2 aromatic rings. The predicted octanol–water partition coefficient (Wildman–Crippen LogP) is 3.21. The van der Waals surface area contributed by atoms with Crippen molar-refractivity contribution in [1.29, 1.82) is 0 Å². The van der Waals surface area contributed by atoms with Crippen LogP contribution in [0.1, 0.15) is 29.6 Å². The van der Waals surface area contributed by atoms with Crippen molar-refractivity contribution < 1.29 is 9.84 Å². The van der Waals surface area contributed by atoms with Gasteiger partial charge in [-0.05, 0) is 30.5 Å². The number of thiazole rings is 1. The molecule has 0 saturated carbocycles. The molecular weight excluding hydrogens is 258 g/mol. The fourth-order valence-electron chi connectivity index (χ4n) is 1.77. The zero-order valence-corrected chi connectivity index (χ0v) is 11.9. The number of rotatable bonds is 7. The Morgan fingerprint density at radius 1 is 1.26 bits per heavy atom. The lowest BCUT2D eigenvalue weighted by atomic mass is 10.2. The van der Waals surface area contributed by atoms with Crippen molar-refractivity contribution in [1.82, 2.24) is 4.98 Å². The molecule has 0 fully saturated rings. The molecule has 0 spiro atoms. The highest BCUT2D eigenvalue weighted by molar-refractivity contribution is 7.09. The zero-order valence-electron chi connectivity index (χ0n) is 11.1. The summed E-state index contributed by atoms with van der Waals surface area (Å²) in [5.74, 6) is 0.924. The number of aryl methyl sites for hydroxylation is 2. The van der Waals surface area contributed by atoms with Gasteiger partial charge in [0.2, 0.25) is 0 Å². The molecule has 1 heterocycles. The largest absolute Gasteiger partial charge is 0.494 e. The van der Waals surface area contributed by atoms with Crippen LogP contribution in [0.3, 0.4) is 0 Å². The molecule has 0 saturated heterocycles. The van der Waals surface area contributed by atoms with Crippen LogP contribution in [0.2, 0.25) is 0 Å². The van der Waals surface area contributed by atoms with Crippen LogP contribution in [0.25, 0.3) is 0 Å². The molecule has 1 aromatic carbocycles. The molecule has 0 aliphatic carbocycles. The molecular formula is C15H19NO2S. The highest BCUT2D eigenvalue weighted by atomic mass is 32.1. The van der Waals surface area contributed by atoms with Crippen LogP contribution in [0.15, 0.2) is 29.6 Å². The second-order valence-corrected chi connectivity index (χ2v) is 5.28. The molecule has 3 nitrogen and oxygen atoms in total. The summed E-state index contributed by atoms with van der Waals surface area (Å²) in [6.07, 6.45) is 2.89. The van der Waals surface area contributed by atoms with Crippen molar-refractivity contribution in [2.24, 2.45) is 0 Å². The van der Waals surface area contributed by atoms with Gasteiger partial charge in [-0.15, -0.1) is 11.3 Å². The van der Waals surface area contributed by atoms with Crippen LogP contribution in [0.5, 0.6) is 5.75 Å². The Balaban J connectivity index is 1.71. The summed E-state index contributed by atoms with van der Waals surface area (Å²) in [5, 5.41) is 11.9. The molecule has 1 aromatic heterocycles. The molecule has 0 radical (unpaired) electrons. The second kappa shape index (κ2) is 7.26. The number of hydrogen-bond donors (Lipinski definition) is 1. The molecule has 0 atom stereocenters. The van der Waals surface area contributed by atoms with E-state index in [4.69, 9.17) is 9.84 Å². The van der Waals surface area contributed by atoms with Crippen molar-refractivity contribution in [2.75, 3.05) is 6.61 Å². The third kappa shape index (κ3) is 4.33. The van der Waals surface area contributed by atoms with Crippen LogP contribution in [0.4, 0.5) is 0 Å². The summed E-state index contributed by atoms with van der Waals surface area (Å²) < 4.78 is 5.69. The molecule has 2 rings (SSSR count). The van der Waals surface area contributed by atoms with Crippen molar-refractivity contribution >= 4 is 11.3 Å². The van der Waals surface area contributed by atoms with Crippen molar-refractivity contribution in [3.63, 3.8) is 0 Å². The Bertz CT molecular complexity index is 493. The van der Waals surface area contributed by atoms with Gasteiger partial charge >= 0.3 is 0 Å². The van der Waals surface area contributed by atoms with Gasteiger partial charge in [0.25, 0.3) is 0 Å². The van der Waals surface area contributed by atoms with Crippen LogP contribution in [-0.4, -0.2) is 16.7 Å². The molecule has 0 bridgehead atoms. The van der Waals surface area contributed by atoms with Gasteiger partial charge < -0.3 is 9.84 Å². The maximum atomic E-state index is 8.93. The lowest BCUT2D eigenvalue weighted by Gasteiger charge is -2.06. The van der Waals surface area contributed by atoms with Gasteiger partial charge in [-0.3, -0.25) is 0 Å². The van der Waals surface area contributed by atoms with Crippen molar-refractivity contribution in [3.8, 4) is 5.75 Å². The number of aliphatic hydroxyl groups is 1. The van der Waals surface area contributed by atoms with E-state index in [9.17, 15) is 0 Å². The lowest BCUT2D eigenvalue weighted by molar-refractivity contribution is 0.277. The fourth-order valence-corrected chi connectivity index (χ4v) is 2.60. The number of aliphatic hydroxyl groups excluding tert-OH is 1. The quantitative estimate of drug-likeness (QED) is 0.790. The van der Waals surface area contributed by atoms with Crippen molar-refractivity contribution in [2.45, 2.75) is 32.8 Å². The summed E-state index contributed by atoms with van der Waals surface area (Å²) in [5.41, 5.74) is 2.09. The van der Waals surface area contributed by atoms with Crippen LogP contribution < -0.4 is 4.74 Å². The number of aromatic nitrogens is 1. The number of nitrogens with zero attached hydrogens (tertiary/aromatic N) is 1. The van der Waals surface area contributed by atoms with E-state index in [2.05, 4.69) is 24.0 Å². The summed E-state index contributed by atoms with van der Waals surface area (Å²) >= 11 is 1.60. The third-order valence-corrected chi connectivity index (χ3v) is 3.85. The van der Waals surface area contributed by atoms with Crippen LogP contribution in [-0.2, 0) is 19.4 Å². The molecule has 4 heteroatoms. The molecule has 102 valence electrons. The first-order valence-electron chi connectivity index (χ1n) is 6.57. The summed E-state index contributed by atoms with van der Waals surface area (Å²) in [6.45, 7) is 2.86. The van der Waals surface area contributed by atoms with Gasteiger partial charge in [0.05, 0.1) is 23.9 Å². The minimum Gasteiger partial charge on any atom is -0.494 e. The van der Waals surface area contributed by atoms with E-state index in [0.717, 1.165) is 35.7 Å². The van der Waals surface area contributed by atoms with Gasteiger partial charge in [0.15, 0.2) is 0 Å². The summed E-state index contributed by atoms with van der Waals surface area (Å²) in [6, 6.07) is 8.24. The predicted molar refractivity (Wildman–Crippen MR) is 77.7 cm³/mol.